The molecule has 0 N–H and O–H groups in total. The van der Waals surface area contributed by atoms with Crippen LogP contribution >= 0.6 is 0 Å². The normalized spacial score (nSPS) is 22.2. The third-order valence-electron chi connectivity index (χ3n) is 5.32. The number of piperidine rings is 1. The first-order valence-electron chi connectivity index (χ1n) is 8.93. The summed E-state index contributed by atoms with van der Waals surface area (Å²) >= 11 is 0. The van der Waals surface area contributed by atoms with E-state index in [2.05, 4.69) is 4.90 Å². The molecule has 136 valence electrons. The number of nitrogens with zero attached hydrogens (tertiary/aromatic N) is 2. The molecule has 3 rings (SSSR count). The maximum Gasteiger partial charge on any atom is 0.308 e. The molecule has 0 bridgehead atoms. The summed E-state index contributed by atoms with van der Waals surface area (Å²) in [4.78, 5) is 28.2. The van der Waals surface area contributed by atoms with E-state index in [1.165, 1.54) is 13.2 Å². The molecule has 1 aromatic rings. The smallest absolute Gasteiger partial charge is 0.308 e. The van der Waals surface area contributed by atoms with Crippen LogP contribution in [0.3, 0.4) is 0 Å². The standard InChI is InChI=1S/C19H25FN2O3/c1-25-19(24)14-7-10-21(11-8-14)18(23)13-22-9-3-6-17(22)15-4-2-5-16(20)12-15/h2,4-5,12,14,17H,3,6-11,13H2,1H3. The lowest BCUT2D eigenvalue weighted by Gasteiger charge is -2.33. The summed E-state index contributed by atoms with van der Waals surface area (Å²) in [6.07, 6.45) is 3.28. The molecule has 0 spiro atoms. The monoisotopic (exact) mass is 348 g/mol. The van der Waals surface area contributed by atoms with Crippen LogP contribution in [0.5, 0.6) is 0 Å². The average Bonchev–Trinajstić information content (AvgIpc) is 3.09. The maximum atomic E-state index is 13.5. The van der Waals surface area contributed by atoms with Crippen molar-refractivity contribution in [3.8, 4) is 0 Å². The van der Waals surface area contributed by atoms with Gasteiger partial charge >= 0.3 is 5.97 Å². The number of likely N-dealkylation sites (tertiary alicyclic amines) is 2. The zero-order chi connectivity index (χ0) is 17.8. The second-order valence-electron chi connectivity index (χ2n) is 6.86. The molecule has 1 atom stereocenters. The summed E-state index contributed by atoms with van der Waals surface area (Å²) in [7, 11) is 1.40. The van der Waals surface area contributed by atoms with E-state index in [0.717, 1.165) is 24.9 Å². The van der Waals surface area contributed by atoms with E-state index >= 15 is 0 Å². The summed E-state index contributed by atoms with van der Waals surface area (Å²) in [5.41, 5.74) is 0.940. The van der Waals surface area contributed by atoms with Gasteiger partial charge in [-0.25, -0.2) is 4.39 Å². The minimum Gasteiger partial charge on any atom is -0.469 e. The van der Waals surface area contributed by atoms with Crippen LogP contribution < -0.4 is 0 Å². The van der Waals surface area contributed by atoms with Gasteiger partial charge in [-0.05, 0) is 49.9 Å². The fourth-order valence-corrected chi connectivity index (χ4v) is 3.91. The number of carbonyl (C=O) groups excluding carboxylic acids is 2. The largest absolute Gasteiger partial charge is 0.469 e. The molecule has 1 amide bonds. The van der Waals surface area contributed by atoms with Crippen molar-refractivity contribution >= 4 is 11.9 Å². The molecule has 2 aliphatic heterocycles. The summed E-state index contributed by atoms with van der Waals surface area (Å²) in [5.74, 6) is -0.425. The molecule has 2 aliphatic rings. The van der Waals surface area contributed by atoms with Gasteiger partial charge < -0.3 is 9.64 Å². The van der Waals surface area contributed by atoms with E-state index in [1.54, 1.807) is 12.1 Å². The Balaban J connectivity index is 1.56. The van der Waals surface area contributed by atoms with Crippen LogP contribution in [-0.4, -0.2) is 55.0 Å². The lowest BCUT2D eigenvalue weighted by atomic mass is 9.97. The molecular weight excluding hydrogens is 323 g/mol. The molecule has 2 heterocycles. The highest BCUT2D eigenvalue weighted by Gasteiger charge is 2.32. The first kappa shape index (κ1) is 17.9. The molecule has 2 fully saturated rings. The van der Waals surface area contributed by atoms with Gasteiger partial charge in [-0.3, -0.25) is 14.5 Å². The Morgan fingerprint density at radius 2 is 1.96 bits per heavy atom. The quantitative estimate of drug-likeness (QED) is 0.784. The Morgan fingerprint density at radius 3 is 2.64 bits per heavy atom. The highest BCUT2D eigenvalue weighted by Crippen LogP contribution is 2.32. The van der Waals surface area contributed by atoms with Crippen molar-refractivity contribution < 1.29 is 18.7 Å². The van der Waals surface area contributed by atoms with Crippen molar-refractivity contribution in [2.75, 3.05) is 33.3 Å². The number of hydrogen-bond acceptors (Lipinski definition) is 4. The lowest BCUT2D eigenvalue weighted by Crippen LogP contribution is -2.45. The number of amides is 1. The second kappa shape index (κ2) is 7.95. The van der Waals surface area contributed by atoms with Gasteiger partial charge in [0.2, 0.25) is 5.91 Å². The van der Waals surface area contributed by atoms with Gasteiger partial charge in [-0.15, -0.1) is 0 Å². The van der Waals surface area contributed by atoms with Crippen molar-refractivity contribution in [2.24, 2.45) is 5.92 Å². The van der Waals surface area contributed by atoms with E-state index in [-0.39, 0.29) is 29.7 Å². The molecular formula is C19H25FN2O3. The lowest BCUT2D eigenvalue weighted by molar-refractivity contribution is -0.149. The first-order chi connectivity index (χ1) is 12.1. The van der Waals surface area contributed by atoms with E-state index in [9.17, 15) is 14.0 Å². The molecule has 0 saturated carbocycles. The predicted octanol–water partition coefficient (Wildman–Crippen LogP) is 2.37. The van der Waals surface area contributed by atoms with Crippen LogP contribution in [0, 0.1) is 11.7 Å². The zero-order valence-electron chi connectivity index (χ0n) is 14.6. The Morgan fingerprint density at radius 1 is 1.20 bits per heavy atom. The van der Waals surface area contributed by atoms with Crippen molar-refractivity contribution in [3.05, 3.63) is 35.6 Å². The Kier molecular flexibility index (Phi) is 5.68. The number of benzene rings is 1. The number of methoxy groups -OCH3 is 1. The predicted molar refractivity (Wildman–Crippen MR) is 91.3 cm³/mol. The molecule has 6 heteroatoms. The Bertz CT molecular complexity index is 629. The number of halogens is 1. The summed E-state index contributed by atoms with van der Waals surface area (Å²) < 4.78 is 18.3. The molecule has 0 aromatic heterocycles. The van der Waals surface area contributed by atoms with Crippen LogP contribution in [0.1, 0.15) is 37.3 Å². The first-order valence-corrected chi connectivity index (χ1v) is 8.93. The molecule has 1 unspecified atom stereocenters. The van der Waals surface area contributed by atoms with Gasteiger partial charge in [-0.2, -0.15) is 0 Å². The van der Waals surface area contributed by atoms with Crippen LogP contribution in [0.2, 0.25) is 0 Å². The minimum atomic E-state index is -0.236. The van der Waals surface area contributed by atoms with Crippen LogP contribution in [0.4, 0.5) is 4.39 Å². The van der Waals surface area contributed by atoms with E-state index in [0.29, 0.717) is 32.5 Å². The Labute approximate surface area is 147 Å². The maximum absolute atomic E-state index is 13.5. The van der Waals surface area contributed by atoms with Gasteiger partial charge in [0.15, 0.2) is 0 Å². The fourth-order valence-electron chi connectivity index (χ4n) is 3.91. The molecule has 0 radical (unpaired) electrons. The van der Waals surface area contributed by atoms with Crippen molar-refractivity contribution in [2.45, 2.75) is 31.7 Å². The molecule has 2 saturated heterocycles. The number of rotatable bonds is 4. The Hall–Kier alpha value is -1.95. The average molecular weight is 348 g/mol. The minimum absolute atomic E-state index is 0.0895. The van der Waals surface area contributed by atoms with Gasteiger partial charge in [0.1, 0.15) is 5.82 Å². The van der Waals surface area contributed by atoms with Crippen molar-refractivity contribution in [3.63, 3.8) is 0 Å². The number of hydrogen-bond donors (Lipinski definition) is 0. The number of ether oxygens (including phenoxy) is 1. The molecule has 5 nitrogen and oxygen atoms in total. The topological polar surface area (TPSA) is 49.9 Å². The second-order valence-corrected chi connectivity index (χ2v) is 6.86. The highest BCUT2D eigenvalue weighted by molar-refractivity contribution is 5.79. The summed E-state index contributed by atoms with van der Waals surface area (Å²) in [6.45, 7) is 2.39. The third kappa shape index (κ3) is 4.18. The van der Waals surface area contributed by atoms with Gasteiger partial charge in [0.05, 0.1) is 19.6 Å². The zero-order valence-corrected chi connectivity index (χ0v) is 14.6. The summed E-state index contributed by atoms with van der Waals surface area (Å²) in [6, 6.07) is 6.76. The molecule has 0 aliphatic carbocycles. The van der Waals surface area contributed by atoms with Crippen molar-refractivity contribution in [1.82, 2.24) is 9.80 Å². The van der Waals surface area contributed by atoms with Gasteiger partial charge in [0.25, 0.3) is 0 Å². The number of esters is 1. The van der Waals surface area contributed by atoms with Crippen LogP contribution in [-0.2, 0) is 14.3 Å². The fraction of sp³-hybridized carbons (Fsp3) is 0.579. The van der Waals surface area contributed by atoms with E-state index < -0.39 is 0 Å². The van der Waals surface area contributed by atoms with E-state index in [1.807, 2.05) is 11.0 Å². The van der Waals surface area contributed by atoms with Crippen LogP contribution in [0.15, 0.2) is 24.3 Å². The van der Waals surface area contributed by atoms with E-state index in [4.69, 9.17) is 4.74 Å². The third-order valence-corrected chi connectivity index (χ3v) is 5.32. The summed E-state index contributed by atoms with van der Waals surface area (Å²) in [5, 5.41) is 0. The van der Waals surface area contributed by atoms with Crippen molar-refractivity contribution in [1.29, 1.82) is 0 Å². The van der Waals surface area contributed by atoms with Crippen LogP contribution in [0.25, 0.3) is 0 Å². The van der Waals surface area contributed by atoms with Gasteiger partial charge in [0, 0.05) is 19.1 Å². The highest BCUT2D eigenvalue weighted by atomic mass is 19.1. The SMILES string of the molecule is COC(=O)C1CCN(C(=O)CN2CCCC2c2cccc(F)c2)CC1. The van der Waals surface area contributed by atoms with Gasteiger partial charge in [-0.1, -0.05) is 12.1 Å². The molecule has 25 heavy (non-hydrogen) atoms. The number of carbonyl (C=O) groups is 2. The molecule has 1 aromatic carbocycles.